The number of nitrogens with zero attached hydrogens (tertiary/aromatic N) is 2. The normalized spacial score (nSPS) is 19.1. The molecule has 1 atom stereocenters. The molecule has 1 aliphatic rings. The zero-order valence-corrected chi connectivity index (χ0v) is 11.0. The van der Waals surface area contributed by atoms with Crippen molar-refractivity contribution < 1.29 is 9.84 Å². The predicted octanol–water partition coefficient (Wildman–Crippen LogP) is 2.06. The first-order valence-electron chi connectivity index (χ1n) is 6.61. The van der Waals surface area contributed by atoms with Crippen LogP contribution in [0.4, 0.5) is 5.82 Å². The van der Waals surface area contributed by atoms with E-state index in [0.717, 1.165) is 41.9 Å². The highest BCUT2D eigenvalue weighted by atomic mass is 16.5. The summed E-state index contributed by atoms with van der Waals surface area (Å²) >= 11 is 0. The van der Waals surface area contributed by atoms with Crippen molar-refractivity contribution in [1.29, 1.82) is 0 Å². The highest BCUT2D eigenvalue weighted by Gasteiger charge is 2.24. The lowest BCUT2D eigenvalue weighted by molar-refractivity contribution is 0.238. The number of hydrogen-bond donors (Lipinski definition) is 1. The summed E-state index contributed by atoms with van der Waals surface area (Å²) in [5.41, 5.74) is 0. The fraction of sp³-hybridized carbons (Fsp3) is 0.400. The summed E-state index contributed by atoms with van der Waals surface area (Å²) in [6, 6.07) is 8.02. The molecule has 0 bridgehead atoms. The summed E-state index contributed by atoms with van der Waals surface area (Å²) in [6.07, 6.45) is 2.85. The van der Waals surface area contributed by atoms with E-state index < -0.39 is 0 Å². The first-order chi connectivity index (χ1) is 9.33. The maximum absolute atomic E-state index is 9.26. The summed E-state index contributed by atoms with van der Waals surface area (Å²) in [7, 11) is 1.69. The van der Waals surface area contributed by atoms with Gasteiger partial charge < -0.3 is 14.7 Å². The van der Waals surface area contributed by atoms with Gasteiger partial charge >= 0.3 is 0 Å². The molecule has 2 heterocycles. The highest BCUT2D eigenvalue weighted by molar-refractivity contribution is 5.96. The van der Waals surface area contributed by atoms with Crippen LogP contribution in [0, 0.1) is 5.92 Å². The van der Waals surface area contributed by atoms with Crippen molar-refractivity contribution in [3.8, 4) is 5.75 Å². The third kappa shape index (κ3) is 2.12. The zero-order chi connectivity index (χ0) is 13.2. The number of aromatic nitrogens is 1. The molecule has 0 aliphatic carbocycles. The van der Waals surface area contributed by atoms with Gasteiger partial charge in [-0.05, 0) is 18.6 Å². The van der Waals surface area contributed by atoms with Crippen LogP contribution in [-0.4, -0.2) is 36.9 Å². The number of fused-ring (bicyclic) bond motifs is 1. The lowest BCUT2D eigenvalue weighted by Gasteiger charge is -2.19. The number of aliphatic hydroxyl groups is 1. The van der Waals surface area contributed by atoms with Crippen LogP contribution >= 0.6 is 0 Å². The monoisotopic (exact) mass is 258 g/mol. The van der Waals surface area contributed by atoms with Gasteiger partial charge in [0.05, 0.1) is 7.11 Å². The average Bonchev–Trinajstić information content (AvgIpc) is 2.94. The first-order valence-corrected chi connectivity index (χ1v) is 6.61. The van der Waals surface area contributed by atoms with Gasteiger partial charge in [-0.1, -0.05) is 12.1 Å². The molecule has 100 valence electrons. The molecule has 1 saturated heterocycles. The Kier molecular flexibility index (Phi) is 3.25. The van der Waals surface area contributed by atoms with Gasteiger partial charge in [-0.2, -0.15) is 0 Å². The van der Waals surface area contributed by atoms with Crippen LogP contribution < -0.4 is 9.64 Å². The molecule has 1 fully saturated rings. The largest absolute Gasteiger partial charge is 0.496 e. The minimum absolute atomic E-state index is 0.255. The van der Waals surface area contributed by atoms with Crippen LogP contribution in [0.1, 0.15) is 6.42 Å². The Morgan fingerprint density at radius 1 is 1.37 bits per heavy atom. The topological polar surface area (TPSA) is 45.6 Å². The predicted molar refractivity (Wildman–Crippen MR) is 75.7 cm³/mol. The number of benzene rings is 1. The molecule has 2 aromatic rings. The minimum Gasteiger partial charge on any atom is -0.496 e. The molecule has 1 N–H and O–H groups in total. The van der Waals surface area contributed by atoms with Crippen LogP contribution in [0.25, 0.3) is 10.8 Å². The van der Waals surface area contributed by atoms with Gasteiger partial charge in [0.1, 0.15) is 11.6 Å². The van der Waals surface area contributed by atoms with E-state index in [-0.39, 0.29) is 6.61 Å². The van der Waals surface area contributed by atoms with Crippen LogP contribution in [-0.2, 0) is 0 Å². The van der Waals surface area contributed by atoms with E-state index in [9.17, 15) is 5.11 Å². The van der Waals surface area contributed by atoms with Crippen molar-refractivity contribution >= 4 is 16.6 Å². The van der Waals surface area contributed by atoms with Gasteiger partial charge in [-0.15, -0.1) is 0 Å². The third-order valence-corrected chi connectivity index (χ3v) is 3.81. The molecule has 1 aromatic heterocycles. The van der Waals surface area contributed by atoms with Crippen molar-refractivity contribution in [2.24, 2.45) is 5.92 Å². The van der Waals surface area contributed by atoms with Crippen molar-refractivity contribution in [2.75, 3.05) is 31.7 Å². The molecular formula is C15H18N2O2. The van der Waals surface area contributed by atoms with E-state index >= 15 is 0 Å². The van der Waals surface area contributed by atoms with E-state index in [1.807, 2.05) is 24.4 Å². The van der Waals surface area contributed by atoms with E-state index in [1.54, 1.807) is 7.11 Å². The summed E-state index contributed by atoms with van der Waals surface area (Å²) < 4.78 is 5.40. The molecule has 0 spiro atoms. The quantitative estimate of drug-likeness (QED) is 0.915. The van der Waals surface area contributed by atoms with Gasteiger partial charge in [0.15, 0.2) is 0 Å². The van der Waals surface area contributed by atoms with Crippen molar-refractivity contribution in [3.63, 3.8) is 0 Å². The number of hydrogen-bond acceptors (Lipinski definition) is 4. The number of anilines is 1. The maximum atomic E-state index is 9.26. The molecular weight excluding hydrogens is 240 g/mol. The highest BCUT2D eigenvalue weighted by Crippen LogP contribution is 2.33. The SMILES string of the molecule is COc1cccc2c(N3CCC(CO)C3)nccc12. The fourth-order valence-electron chi connectivity index (χ4n) is 2.77. The molecule has 4 nitrogen and oxygen atoms in total. The number of aliphatic hydroxyl groups excluding tert-OH is 1. The Labute approximate surface area is 112 Å². The smallest absolute Gasteiger partial charge is 0.136 e. The van der Waals surface area contributed by atoms with Crippen molar-refractivity contribution in [1.82, 2.24) is 4.98 Å². The Balaban J connectivity index is 2.05. The number of methoxy groups -OCH3 is 1. The average molecular weight is 258 g/mol. The molecule has 1 aromatic carbocycles. The minimum atomic E-state index is 0.255. The Morgan fingerprint density at radius 3 is 3.00 bits per heavy atom. The van der Waals surface area contributed by atoms with Crippen LogP contribution in [0.3, 0.4) is 0 Å². The summed E-state index contributed by atoms with van der Waals surface area (Å²) in [5, 5.41) is 11.5. The molecule has 1 unspecified atom stereocenters. The molecule has 0 radical (unpaired) electrons. The lowest BCUT2D eigenvalue weighted by atomic mass is 10.1. The molecule has 0 saturated carbocycles. The standard InChI is InChI=1S/C15H18N2O2/c1-19-14-4-2-3-13-12(14)5-7-16-15(13)17-8-6-11(9-17)10-18/h2-5,7,11,18H,6,8-10H2,1H3. The van der Waals surface area contributed by atoms with E-state index in [1.165, 1.54) is 0 Å². The van der Waals surface area contributed by atoms with Gasteiger partial charge in [0.25, 0.3) is 0 Å². The van der Waals surface area contributed by atoms with Gasteiger partial charge in [0, 0.05) is 42.6 Å². The molecule has 0 amide bonds. The first kappa shape index (κ1) is 12.2. The Morgan fingerprint density at radius 2 is 2.26 bits per heavy atom. The lowest BCUT2D eigenvalue weighted by Crippen LogP contribution is -2.21. The second-order valence-corrected chi connectivity index (χ2v) is 4.97. The molecule has 4 heteroatoms. The summed E-state index contributed by atoms with van der Waals surface area (Å²) in [4.78, 5) is 6.77. The van der Waals surface area contributed by atoms with E-state index in [4.69, 9.17) is 4.74 Å². The van der Waals surface area contributed by atoms with Gasteiger partial charge in [-0.3, -0.25) is 0 Å². The number of ether oxygens (including phenoxy) is 1. The summed E-state index contributed by atoms with van der Waals surface area (Å²) in [6.45, 7) is 2.08. The number of rotatable bonds is 3. The van der Waals surface area contributed by atoms with E-state index in [2.05, 4.69) is 16.0 Å². The molecule has 19 heavy (non-hydrogen) atoms. The molecule has 1 aliphatic heterocycles. The maximum Gasteiger partial charge on any atom is 0.136 e. The molecule has 3 rings (SSSR count). The number of pyridine rings is 1. The second kappa shape index (κ2) is 5.05. The Hall–Kier alpha value is -1.81. The van der Waals surface area contributed by atoms with Crippen molar-refractivity contribution in [2.45, 2.75) is 6.42 Å². The second-order valence-electron chi connectivity index (χ2n) is 4.97. The van der Waals surface area contributed by atoms with E-state index in [0.29, 0.717) is 5.92 Å². The van der Waals surface area contributed by atoms with Gasteiger partial charge in [0.2, 0.25) is 0 Å². The summed E-state index contributed by atoms with van der Waals surface area (Å²) in [5.74, 6) is 2.23. The van der Waals surface area contributed by atoms with Crippen LogP contribution in [0.15, 0.2) is 30.5 Å². The fourth-order valence-corrected chi connectivity index (χ4v) is 2.77. The van der Waals surface area contributed by atoms with Crippen LogP contribution in [0.2, 0.25) is 0 Å². The Bertz CT molecular complexity index is 585. The van der Waals surface area contributed by atoms with Gasteiger partial charge in [-0.25, -0.2) is 4.98 Å². The van der Waals surface area contributed by atoms with Crippen molar-refractivity contribution in [3.05, 3.63) is 30.5 Å². The third-order valence-electron chi connectivity index (χ3n) is 3.81. The van der Waals surface area contributed by atoms with Crippen LogP contribution in [0.5, 0.6) is 5.75 Å². The zero-order valence-electron chi connectivity index (χ0n) is 11.0.